The van der Waals surface area contributed by atoms with Gasteiger partial charge >= 0.3 is 0 Å². The number of nitrogen functional groups attached to an aromatic ring is 1. The normalized spacial score (nSPS) is 10.4. The number of rotatable bonds is 3. The average Bonchev–Trinajstić information content (AvgIpc) is 2.90. The summed E-state index contributed by atoms with van der Waals surface area (Å²) in [5.41, 5.74) is 8.46. The van der Waals surface area contributed by atoms with Gasteiger partial charge in [-0.05, 0) is 24.3 Å². The minimum absolute atomic E-state index is 0.520. The number of anilines is 1. The molecule has 20 heavy (non-hydrogen) atoms. The molecule has 0 aliphatic heterocycles. The second-order valence-corrected chi connectivity index (χ2v) is 5.18. The third kappa shape index (κ3) is 2.23. The largest absolute Gasteiger partial charge is 0.496 e. The lowest BCUT2D eigenvalue weighted by Crippen LogP contribution is -1.89. The van der Waals surface area contributed by atoms with E-state index < -0.39 is 0 Å². The van der Waals surface area contributed by atoms with E-state index in [4.69, 9.17) is 10.5 Å². The van der Waals surface area contributed by atoms with Crippen molar-refractivity contribution in [1.29, 1.82) is 0 Å². The van der Waals surface area contributed by atoms with Gasteiger partial charge in [0.15, 0.2) is 5.13 Å². The zero-order valence-electron chi connectivity index (χ0n) is 10.9. The first kappa shape index (κ1) is 12.6. The van der Waals surface area contributed by atoms with Gasteiger partial charge in [-0.3, -0.25) is 4.98 Å². The van der Waals surface area contributed by atoms with E-state index in [1.54, 1.807) is 13.3 Å². The van der Waals surface area contributed by atoms with Crippen LogP contribution in [0.25, 0.3) is 21.8 Å². The zero-order valence-corrected chi connectivity index (χ0v) is 11.7. The highest BCUT2D eigenvalue weighted by Gasteiger charge is 2.17. The Hall–Kier alpha value is -2.40. The Morgan fingerprint density at radius 3 is 2.65 bits per heavy atom. The predicted molar refractivity (Wildman–Crippen MR) is 81.7 cm³/mol. The Morgan fingerprint density at radius 1 is 1.10 bits per heavy atom. The molecule has 3 rings (SSSR count). The number of thiazole rings is 1. The summed E-state index contributed by atoms with van der Waals surface area (Å²) in [7, 11) is 1.66. The summed E-state index contributed by atoms with van der Waals surface area (Å²) in [6.45, 7) is 0. The van der Waals surface area contributed by atoms with Gasteiger partial charge in [-0.15, -0.1) is 0 Å². The molecule has 3 aromatic rings. The number of methoxy groups -OCH3 is 1. The van der Waals surface area contributed by atoms with Crippen LogP contribution in [0.5, 0.6) is 5.75 Å². The molecule has 0 saturated heterocycles. The molecule has 2 heterocycles. The van der Waals surface area contributed by atoms with Gasteiger partial charge in [-0.1, -0.05) is 29.5 Å². The fourth-order valence-electron chi connectivity index (χ4n) is 2.03. The SMILES string of the molecule is COc1ccccc1-c1sc(N)nc1-c1ccccn1. The van der Waals surface area contributed by atoms with Gasteiger partial charge in [0.05, 0.1) is 17.7 Å². The molecule has 100 valence electrons. The van der Waals surface area contributed by atoms with Crippen LogP contribution in [0.15, 0.2) is 48.7 Å². The van der Waals surface area contributed by atoms with Crippen LogP contribution in [0, 0.1) is 0 Å². The van der Waals surface area contributed by atoms with Crippen molar-refractivity contribution in [2.45, 2.75) is 0 Å². The number of para-hydroxylation sites is 1. The fraction of sp³-hybridized carbons (Fsp3) is 0.0667. The second-order valence-electron chi connectivity index (χ2n) is 4.15. The molecule has 0 atom stereocenters. The molecule has 0 unspecified atom stereocenters. The van der Waals surface area contributed by atoms with Crippen LogP contribution in [-0.2, 0) is 0 Å². The maximum absolute atomic E-state index is 5.88. The predicted octanol–water partition coefficient (Wildman–Crippen LogP) is 3.46. The number of aromatic nitrogens is 2. The number of nitrogens with two attached hydrogens (primary N) is 1. The lowest BCUT2D eigenvalue weighted by atomic mass is 10.1. The zero-order chi connectivity index (χ0) is 13.9. The van der Waals surface area contributed by atoms with Crippen LogP contribution in [0.1, 0.15) is 0 Å². The quantitative estimate of drug-likeness (QED) is 0.799. The summed E-state index contributed by atoms with van der Waals surface area (Å²) in [5, 5.41) is 0.520. The maximum Gasteiger partial charge on any atom is 0.181 e. The highest BCUT2D eigenvalue weighted by Crippen LogP contribution is 2.41. The Morgan fingerprint density at radius 2 is 1.90 bits per heavy atom. The number of ether oxygens (including phenoxy) is 1. The van der Waals surface area contributed by atoms with Crippen molar-refractivity contribution in [3.05, 3.63) is 48.7 Å². The highest BCUT2D eigenvalue weighted by molar-refractivity contribution is 7.19. The van der Waals surface area contributed by atoms with E-state index in [-0.39, 0.29) is 0 Å². The third-order valence-electron chi connectivity index (χ3n) is 2.90. The van der Waals surface area contributed by atoms with E-state index in [0.29, 0.717) is 5.13 Å². The molecule has 2 aromatic heterocycles. The summed E-state index contributed by atoms with van der Waals surface area (Å²) in [5.74, 6) is 0.799. The molecule has 0 fully saturated rings. The molecule has 2 N–H and O–H groups in total. The van der Waals surface area contributed by atoms with Crippen LogP contribution in [0.3, 0.4) is 0 Å². The lowest BCUT2D eigenvalue weighted by molar-refractivity contribution is 0.416. The Kier molecular flexibility index (Phi) is 3.35. The number of hydrogen-bond donors (Lipinski definition) is 1. The maximum atomic E-state index is 5.88. The Bertz CT molecular complexity index is 725. The van der Waals surface area contributed by atoms with Gasteiger partial charge in [0.25, 0.3) is 0 Å². The molecule has 0 aliphatic rings. The van der Waals surface area contributed by atoms with Crippen LogP contribution >= 0.6 is 11.3 Å². The van der Waals surface area contributed by atoms with Gasteiger partial charge in [-0.25, -0.2) is 4.98 Å². The molecule has 0 spiro atoms. The summed E-state index contributed by atoms with van der Waals surface area (Å²) in [6.07, 6.45) is 1.75. The van der Waals surface area contributed by atoms with E-state index in [9.17, 15) is 0 Å². The lowest BCUT2D eigenvalue weighted by Gasteiger charge is -2.07. The Labute approximate surface area is 120 Å². The van der Waals surface area contributed by atoms with Crippen LogP contribution in [-0.4, -0.2) is 17.1 Å². The summed E-state index contributed by atoms with van der Waals surface area (Å²) >= 11 is 1.44. The van der Waals surface area contributed by atoms with Gasteiger partial charge in [0.2, 0.25) is 0 Å². The molecule has 0 saturated carbocycles. The first-order valence-corrected chi connectivity index (χ1v) is 6.92. The van der Waals surface area contributed by atoms with E-state index >= 15 is 0 Å². The topological polar surface area (TPSA) is 61.0 Å². The standard InChI is InChI=1S/C15H13N3OS/c1-19-12-8-3-2-6-10(12)14-13(18-15(16)20-14)11-7-4-5-9-17-11/h2-9H,1H3,(H2,16,18). The van der Waals surface area contributed by atoms with E-state index in [1.807, 2.05) is 42.5 Å². The van der Waals surface area contributed by atoms with Crippen molar-refractivity contribution in [2.24, 2.45) is 0 Å². The van der Waals surface area contributed by atoms with E-state index in [2.05, 4.69) is 9.97 Å². The van der Waals surface area contributed by atoms with Crippen LogP contribution in [0.4, 0.5) is 5.13 Å². The molecule has 4 nitrogen and oxygen atoms in total. The molecular weight excluding hydrogens is 270 g/mol. The molecule has 0 aliphatic carbocycles. The molecular formula is C15H13N3OS. The monoisotopic (exact) mass is 283 g/mol. The summed E-state index contributed by atoms with van der Waals surface area (Å²) in [6, 6.07) is 13.6. The van der Waals surface area contributed by atoms with Crippen molar-refractivity contribution in [2.75, 3.05) is 12.8 Å². The molecule has 0 radical (unpaired) electrons. The minimum atomic E-state index is 0.520. The number of benzene rings is 1. The van der Waals surface area contributed by atoms with Gasteiger partial charge in [0.1, 0.15) is 11.4 Å². The average molecular weight is 283 g/mol. The third-order valence-corrected chi connectivity index (χ3v) is 3.82. The first-order chi connectivity index (χ1) is 9.79. The van der Waals surface area contributed by atoms with Gasteiger partial charge in [-0.2, -0.15) is 0 Å². The number of pyridine rings is 1. The molecule has 0 amide bonds. The summed E-state index contributed by atoms with van der Waals surface area (Å²) in [4.78, 5) is 9.73. The van der Waals surface area contributed by atoms with Crippen molar-refractivity contribution in [1.82, 2.24) is 9.97 Å². The molecule has 0 bridgehead atoms. The van der Waals surface area contributed by atoms with Crippen molar-refractivity contribution >= 4 is 16.5 Å². The number of hydrogen-bond acceptors (Lipinski definition) is 5. The fourth-order valence-corrected chi connectivity index (χ4v) is 2.90. The van der Waals surface area contributed by atoms with E-state index in [1.165, 1.54) is 11.3 Å². The van der Waals surface area contributed by atoms with Crippen LogP contribution in [0.2, 0.25) is 0 Å². The molecule has 1 aromatic carbocycles. The number of nitrogens with zero attached hydrogens (tertiary/aromatic N) is 2. The first-order valence-electron chi connectivity index (χ1n) is 6.10. The van der Waals surface area contributed by atoms with Crippen LogP contribution < -0.4 is 10.5 Å². The highest BCUT2D eigenvalue weighted by atomic mass is 32.1. The minimum Gasteiger partial charge on any atom is -0.496 e. The van der Waals surface area contributed by atoms with Gasteiger partial charge in [0, 0.05) is 11.8 Å². The van der Waals surface area contributed by atoms with Gasteiger partial charge < -0.3 is 10.5 Å². The summed E-state index contributed by atoms with van der Waals surface area (Å²) < 4.78 is 5.42. The van der Waals surface area contributed by atoms with Crippen molar-refractivity contribution in [3.63, 3.8) is 0 Å². The van der Waals surface area contributed by atoms with E-state index in [0.717, 1.165) is 27.6 Å². The Balaban J connectivity index is 2.20. The van der Waals surface area contributed by atoms with Crippen molar-refractivity contribution in [3.8, 4) is 27.6 Å². The smallest absolute Gasteiger partial charge is 0.181 e. The van der Waals surface area contributed by atoms with Crippen molar-refractivity contribution < 1.29 is 4.74 Å². The molecule has 5 heteroatoms. The second kappa shape index (κ2) is 5.30.